The number of rotatable bonds is 1. The van der Waals surface area contributed by atoms with Crippen molar-refractivity contribution in [3.05, 3.63) is 42.1 Å². The highest BCUT2D eigenvalue weighted by molar-refractivity contribution is 5.78. The average Bonchev–Trinajstić information content (AvgIpc) is 2.17. The molecule has 1 heteroatoms. The largest absolute Gasteiger partial charge is 0.253 e. The van der Waals surface area contributed by atoms with Gasteiger partial charge in [0.2, 0.25) is 0 Å². The molecule has 2 rings (SSSR count). The van der Waals surface area contributed by atoms with Gasteiger partial charge in [0.1, 0.15) is 0 Å². The van der Waals surface area contributed by atoms with Crippen molar-refractivity contribution in [1.29, 1.82) is 0 Å². The van der Waals surface area contributed by atoms with Gasteiger partial charge < -0.3 is 0 Å². The third-order valence-electron chi connectivity index (χ3n) is 2.13. The highest BCUT2D eigenvalue weighted by Gasteiger charge is 2.00. The Morgan fingerprint density at radius 3 is 2.85 bits per heavy atom. The second-order valence-electron chi connectivity index (χ2n) is 3.49. The fourth-order valence-corrected chi connectivity index (χ4v) is 1.34. The van der Waals surface area contributed by atoms with E-state index in [1.807, 2.05) is 24.3 Å². The van der Waals surface area contributed by atoms with Gasteiger partial charge in [-0.15, -0.1) is 0 Å². The van der Waals surface area contributed by atoms with Gasteiger partial charge >= 0.3 is 0 Å². The van der Waals surface area contributed by atoms with E-state index in [1.165, 1.54) is 0 Å². The average molecular weight is 173 g/mol. The van der Waals surface area contributed by atoms with Crippen LogP contribution in [0.1, 0.15) is 26.8 Å². The summed E-state index contributed by atoms with van der Waals surface area (Å²) in [6.07, 6.45) is 0. The van der Waals surface area contributed by atoms with Gasteiger partial charge in [0.25, 0.3) is 0 Å². The van der Waals surface area contributed by atoms with Crippen LogP contribution in [0.25, 0.3) is 10.9 Å². The van der Waals surface area contributed by atoms with E-state index >= 15 is 0 Å². The van der Waals surface area contributed by atoms with Crippen LogP contribution in [0.5, 0.6) is 0 Å². The lowest BCUT2D eigenvalue weighted by atomic mass is 10.1. The van der Waals surface area contributed by atoms with Gasteiger partial charge in [-0.1, -0.05) is 38.1 Å². The molecular formula is C12H13N. The van der Waals surface area contributed by atoms with E-state index in [9.17, 15) is 0 Å². The first-order chi connectivity index (χ1) is 6.68. The Kier molecular flexibility index (Phi) is 1.73. The Morgan fingerprint density at radius 1 is 1.23 bits per heavy atom. The molecule has 0 unspecified atom stereocenters. The third kappa shape index (κ3) is 1.55. The molecule has 0 atom stereocenters. The topological polar surface area (TPSA) is 12.9 Å². The van der Waals surface area contributed by atoms with Gasteiger partial charge in [0, 0.05) is 11.1 Å². The van der Waals surface area contributed by atoms with Crippen LogP contribution in [0, 0.1) is 0 Å². The van der Waals surface area contributed by atoms with Crippen molar-refractivity contribution in [3.8, 4) is 0 Å². The molecule has 0 amide bonds. The van der Waals surface area contributed by atoms with Crippen LogP contribution in [0.4, 0.5) is 0 Å². The highest BCUT2D eigenvalue weighted by atomic mass is 14.7. The highest BCUT2D eigenvalue weighted by Crippen LogP contribution is 2.16. The number of pyridine rings is 1. The normalized spacial score (nSPS) is 12.1. The summed E-state index contributed by atoms with van der Waals surface area (Å²) in [5, 5.41) is 0.928. The summed E-state index contributed by atoms with van der Waals surface area (Å²) in [6, 6.07) is 10.2. The minimum absolute atomic E-state index is 0.439. The summed E-state index contributed by atoms with van der Waals surface area (Å²) in [5.41, 5.74) is 2.01. The maximum Gasteiger partial charge on any atom is 0.0705 e. The van der Waals surface area contributed by atoms with E-state index in [-0.39, 0.29) is 0 Å². The number of hydrogen-bond donors (Lipinski definition) is 0. The van der Waals surface area contributed by atoms with E-state index in [0.717, 1.165) is 16.6 Å². The Balaban J connectivity index is 2.67. The zero-order valence-corrected chi connectivity index (χ0v) is 7.91. The molecule has 0 radical (unpaired) electrons. The summed E-state index contributed by atoms with van der Waals surface area (Å²) in [6.45, 7) is 4.25. The molecule has 1 aromatic heterocycles. The first-order valence-corrected chi connectivity index (χ1v) is 4.55. The molecule has 0 spiro atoms. The number of nitrogens with zero attached hydrogens (tertiary/aromatic N) is 1. The lowest BCUT2D eigenvalue weighted by Crippen LogP contribution is -1.91. The molecule has 0 aliphatic rings. The molecular weight excluding hydrogens is 158 g/mol. The quantitative estimate of drug-likeness (QED) is 0.644. The molecule has 1 nitrogen and oxygen atoms in total. The molecule has 0 aliphatic heterocycles. The van der Waals surface area contributed by atoms with Crippen molar-refractivity contribution in [1.82, 2.24) is 4.98 Å². The molecule has 0 saturated heterocycles. The molecule has 0 N–H and O–H groups in total. The molecule has 1 heterocycles. The van der Waals surface area contributed by atoms with Gasteiger partial charge in [-0.25, -0.2) is 0 Å². The zero-order chi connectivity index (χ0) is 10.1. The molecule has 13 heavy (non-hydrogen) atoms. The van der Waals surface area contributed by atoms with Crippen molar-refractivity contribution in [3.63, 3.8) is 0 Å². The van der Waals surface area contributed by atoms with Crippen molar-refractivity contribution < 1.29 is 1.37 Å². The summed E-state index contributed by atoms with van der Waals surface area (Å²) in [4.78, 5) is 4.52. The van der Waals surface area contributed by atoms with Crippen LogP contribution in [-0.2, 0) is 0 Å². The Hall–Kier alpha value is -1.37. The number of hydrogen-bond acceptors (Lipinski definition) is 1. The lowest BCUT2D eigenvalue weighted by molar-refractivity contribution is 0.830. The molecule has 0 bridgehead atoms. The summed E-state index contributed by atoms with van der Waals surface area (Å²) in [5.74, 6) is 0.439. The van der Waals surface area contributed by atoms with Crippen molar-refractivity contribution in [2.24, 2.45) is 0 Å². The predicted molar refractivity (Wildman–Crippen MR) is 55.8 cm³/mol. The minimum Gasteiger partial charge on any atom is -0.253 e. The van der Waals surface area contributed by atoms with Crippen molar-refractivity contribution in [2.75, 3.05) is 0 Å². The molecule has 66 valence electrons. The van der Waals surface area contributed by atoms with Gasteiger partial charge in [-0.05, 0) is 18.1 Å². The third-order valence-corrected chi connectivity index (χ3v) is 2.13. The van der Waals surface area contributed by atoms with Gasteiger partial charge in [-0.2, -0.15) is 0 Å². The first-order valence-electron chi connectivity index (χ1n) is 5.05. The van der Waals surface area contributed by atoms with Gasteiger partial charge in [-0.3, -0.25) is 4.98 Å². The smallest absolute Gasteiger partial charge is 0.0705 e. The van der Waals surface area contributed by atoms with Crippen LogP contribution in [-0.4, -0.2) is 4.98 Å². The fraction of sp³-hybridized carbons (Fsp3) is 0.250. The Morgan fingerprint density at radius 2 is 2.08 bits per heavy atom. The van der Waals surface area contributed by atoms with Gasteiger partial charge in [0.05, 0.1) is 6.89 Å². The van der Waals surface area contributed by atoms with Crippen LogP contribution in [0.2, 0.25) is 0 Å². The molecule has 1 aromatic carbocycles. The first kappa shape index (κ1) is 7.07. The van der Waals surface area contributed by atoms with E-state index in [2.05, 4.69) is 18.8 Å². The molecule has 0 aliphatic carbocycles. The van der Waals surface area contributed by atoms with Crippen LogP contribution < -0.4 is 0 Å². The maximum atomic E-state index is 7.70. The van der Waals surface area contributed by atoms with E-state index in [0.29, 0.717) is 12.0 Å². The minimum atomic E-state index is 0.439. The number of benzene rings is 1. The van der Waals surface area contributed by atoms with E-state index in [4.69, 9.17) is 1.37 Å². The molecule has 0 fully saturated rings. The van der Waals surface area contributed by atoms with Crippen LogP contribution in [0.15, 0.2) is 36.4 Å². The number of para-hydroxylation sites is 1. The SMILES string of the molecule is [3H]c1cccc2nc(C(C)C)ccc12. The van der Waals surface area contributed by atoms with Crippen LogP contribution >= 0.6 is 0 Å². The molecule has 0 saturated carbocycles. The van der Waals surface area contributed by atoms with Crippen LogP contribution in [0.3, 0.4) is 0 Å². The van der Waals surface area contributed by atoms with Gasteiger partial charge in [0.15, 0.2) is 0 Å². The maximum absolute atomic E-state index is 7.70. The lowest BCUT2D eigenvalue weighted by Gasteiger charge is -2.04. The Bertz CT molecular complexity index is 463. The standard InChI is InChI=1S/C12H13N/c1-9(2)11-8-7-10-5-3-4-6-12(10)13-11/h3-9H,1-2H3/i5T. The summed E-state index contributed by atoms with van der Waals surface area (Å²) < 4.78 is 7.70. The molecule has 2 aromatic rings. The Labute approximate surface area is 79.8 Å². The second-order valence-corrected chi connectivity index (χ2v) is 3.49. The number of fused-ring (bicyclic) bond motifs is 1. The second kappa shape index (κ2) is 3.17. The monoisotopic (exact) mass is 173 g/mol. The summed E-state index contributed by atoms with van der Waals surface area (Å²) in [7, 11) is 0. The predicted octanol–water partition coefficient (Wildman–Crippen LogP) is 3.36. The van der Waals surface area contributed by atoms with E-state index in [1.54, 1.807) is 6.07 Å². The fourth-order valence-electron chi connectivity index (χ4n) is 1.34. The summed E-state index contributed by atoms with van der Waals surface area (Å²) >= 11 is 0. The van der Waals surface area contributed by atoms with Crippen molar-refractivity contribution in [2.45, 2.75) is 19.8 Å². The number of aromatic nitrogens is 1. The van der Waals surface area contributed by atoms with E-state index < -0.39 is 0 Å². The van der Waals surface area contributed by atoms with Crippen molar-refractivity contribution >= 4 is 10.9 Å². The zero-order valence-electron chi connectivity index (χ0n) is 8.91.